The molecule has 1 aromatic rings. The number of rotatable bonds is 3. The monoisotopic (exact) mass is 277 g/mol. The van der Waals surface area contributed by atoms with Crippen LogP contribution in [0.15, 0.2) is 18.2 Å². The molecule has 110 valence electrons. The molecule has 1 aromatic heterocycles. The summed E-state index contributed by atoms with van der Waals surface area (Å²) in [6, 6.07) is 5.77. The minimum atomic E-state index is -0.225. The molecule has 0 radical (unpaired) electrons. The third-order valence-corrected chi connectivity index (χ3v) is 3.74. The fraction of sp³-hybridized carbons (Fsp3) is 0.600. The number of nitrogens with zero attached hydrogens (tertiary/aromatic N) is 2. The van der Waals surface area contributed by atoms with Gasteiger partial charge in [-0.3, -0.25) is 4.98 Å². The van der Waals surface area contributed by atoms with E-state index in [0.717, 1.165) is 17.8 Å². The number of hydrogen-bond acceptors (Lipinski definition) is 3. The molecule has 0 bridgehead atoms. The van der Waals surface area contributed by atoms with Crippen LogP contribution in [0.2, 0.25) is 0 Å². The van der Waals surface area contributed by atoms with E-state index < -0.39 is 0 Å². The van der Waals surface area contributed by atoms with Crippen molar-refractivity contribution in [1.29, 1.82) is 0 Å². The van der Waals surface area contributed by atoms with Crippen LogP contribution in [0.5, 0.6) is 0 Å². The van der Waals surface area contributed by atoms with Crippen LogP contribution in [-0.2, 0) is 11.3 Å². The van der Waals surface area contributed by atoms with E-state index in [1.165, 1.54) is 0 Å². The van der Waals surface area contributed by atoms with E-state index in [1.807, 2.05) is 30.0 Å². The van der Waals surface area contributed by atoms with Crippen LogP contribution >= 0.6 is 0 Å². The van der Waals surface area contributed by atoms with Crippen LogP contribution in [0.1, 0.15) is 31.7 Å². The Hall–Kier alpha value is -1.62. The zero-order valence-corrected chi connectivity index (χ0v) is 12.5. The summed E-state index contributed by atoms with van der Waals surface area (Å²) in [5, 5.41) is 2.93. The van der Waals surface area contributed by atoms with Crippen molar-refractivity contribution in [3.05, 3.63) is 29.6 Å². The van der Waals surface area contributed by atoms with Crippen molar-refractivity contribution in [1.82, 2.24) is 15.2 Å². The van der Waals surface area contributed by atoms with E-state index in [4.69, 9.17) is 4.74 Å². The minimum absolute atomic E-state index is 0.0451. The van der Waals surface area contributed by atoms with E-state index in [1.54, 1.807) is 0 Å². The predicted octanol–water partition coefficient (Wildman–Crippen LogP) is 2.10. The number of hydrogen-bond donors (Lipinski definition) is 1. The van der Waals surface area contributed by atoms with Gasteiger partial charge in [0.2, 0.25) is 0 Å². The van der Waals surface area contributed by atoms with E-state index >= 15 is 0 Å². The molecule has 1 N–H and O–H groups in total. The molecular weight excluding hydrogens is 254 g/mol. The summed E-state index contributed by atoms with van der Waals surface area (Å²) >= 11 is 0. The van der Waals surface area contributed by atoms with Crippen LogP contribution in [-0.4, -0.2) is 41.2 Å². The highest BCUT2D eigenvalue weighted by atomic mass is 16.5. The minimum Gasteiger partial charge on any atom is -0.372 e. The molecule has 2 heterocycles. The molecule has 2 amide bonds. The molecule has 1 aliphatic rings. The number of carbonyl (C=O) groups is 1. The first-order chi connectivity index (χ1) is 9.52. The molecule has 0 unspecified atom stereocenters. The standard InChI is InChI=1S/C15H23N3O2/c1-4-15(3)11-18(8-9-20-15)14(19)16-10-13-7-5-6-12(2)17-13/h5-7H,4,8-11H2,1-3H3,(H,16,19)/t15-/m1/s1. The van der Waals surface area contributed by atoms with Crippen LogP contribution in [0.25, 0.3) is 0 Å². The highest BCUT2D eigenvalue weighted by Gasteiger charge is 2.32. The van der Waals surface area contributed by atoms with Crippen molar-refractivity contribution in [3.8, 4) is 0 Å². The maximum Gasteiger partial charge on any atom is 0.317 e. The van der Waals surface area contributed by atoms with Gasteiger partial charge in [-0.25, -0.2) is 4.79 Å². The summed E-state index contributed by atoms with van der Waals surface area (Å²) in [5.41, 5.74) is 1.61. The lowest BCUT2D eigenvalue weighted by molar-refractivity contribution is -0.0872. The summed E-state index contributed by atoms with van der Waals surface area (Å²) in [6.07, 6.45) is 0.899. The second-order valence-electron chi connectivity index (χ2n) is 5.50. The van der Waals surface area contributed by atoms with Gasteiger partial charge in [0.05, 0.1) is 31.0 Å². The van der Waals surface area contributed by atoms with E-state index in [-0.39, 0.29) is 11.6 Å². The van der Waals surface area contributed by atoms with Gasteiger partial charge in [0.1, 0.15) is 0 Å². The van der Waals surface area contributed by atoms with Crippen molar-refractivity contribution < 1.29 is 9.53 Å². The first-order valence-corrected chi connectivity index (χ1v) is 7.12. The second-order valence-corrected chi connectivity index (χ2v) is 5.50. The quantitative estimate of drug-likeness (QED) is 0.920. The van der Waals surface area contributed by atoms with Crippen molar-refractivity contribution in [2.24, 2.45) is 0 Å². The third kappa shape index (κ3) is 3.70. The van der Waals surface area contributed by atoms with E-state index in [9.17, 15) is 4.79 Å². The number of urea groups is 1. The summed E-state index contributed by atoms with van der Waals surface area (Å²) in [6.45, 7) is 8.41. The number of ether oxygens (including phenoxy) is 1. The third-order valence-electron chi connectivity index (χ3n) is 3.74. The van der Waals surface area contributed by atoms with Gasteiger partial charge in [0.15, 0.2) is 0 Å². The Morgan fingerprint density at radius 2 is 2.35 bits per heavy atom. The number of nitrogens with one attached hydrogen (secondary N) is 1. The normalized spacial score (nSPS) is 22.6. The molecule has 1 fully saturated rings. The fourth-order valence-corrected chi connectivity index (χ4v) is 2.29. The van der Waals surface area contributed by atoms with Crippen LogP contribution in [0.3, 0.4) is 0 Å². The van der Waals surface area contributed by atoms with Gasteiger partial charge in [-0.15, -0.1) is 0 Å². The number of pyridine rings is 1. The van der Waals surface area contributed by atoms with Crippen LogP contribution in [0.4, 0.5) is 4.79 Å². The first-order valence-electron chi connectivity index (χ1n) is 7.12. The maximum absolute atomic E-state index is 12.2. The zero-order valence-electron chi connectivity index (χ0n) is 12.5. The molecule has 0 spiro atoms. The van der Waals surface area contributed by atoms with E-state index in [0.29, 0.717) is 26.2 Å². The molecule has 2 rings (SSSR count). The molecule has 0 aromatic carbocycles. The summed E-state index contributed by atoms with van der Waals surface area (Å²) in [4.78, 5) is 18.4. The molecule has 5 heteroatoms. The predicted molar refractivity (Wildman–Crippen MR) is 77.4 cm³/mol. The molecule has 1 aliphatic heterocycles. The Morgan fingerprint density at radius 3 is 3.05 bits per heavy atom. The summed E-state index contributed by atoms with van der Waals surface area (Å²) < 4.78 is 5.74. The fourth-order valence-electron chi connectivity index (χ4n) is 2.29. The highest BCUT2D eigenvalue weighted by molar-refractivity contribution is 5.74. The average molecular weight is 277 g/mol. The van der Waals surface area contributed by atoms with Gasteiger partial charge in [0.25, 0.3) is 0 Å². The molecule has 1 atom stereocenters. The van der Waals surface area contributed by atoms with Gasteiger partial charge in [-0.2, -0.15) is 0 Å². The number of amides is 2. The van der Waals surface area contributed by atoms with Crippen molar-refractivity contribution >= 4 is 6.03 Å². The topological polar surface area (TPSA) is 54.5 Å². The Balaban J connectivity index is 1.88. The Labute approximate surface area is 120 Å². The molecule has 0 aliphatic carbocycles. The Bertz CT molecular complexity index is 478. The van der Waals surface area contributed by atoms with Gasteiger partial charge in [0, 0.05) is 12.2 Å². The lowest BCUT2D eigenvalue weighted by atomic mass is 10.0. The Kier molecular flexibility index (Phi) is 4.60. The summed E-state index contributed by atoms with van der Waals surface area (Å²) in [5.74, 6) is 0. The zero-order chi connectivity index (χ0) is 14.6. The van der Waals surface area contributed by atoms with Crippen LogP contribution < -0.4 is 5.32 Å². The molecular formula is C15H23N3O2. The van der Waals surface area contributed by atoms with Crippen molar-refractivity contribution in [2.45, 2.75) is 39.3 Å². The van der Waals surface area contributed by atoms with Gasteiger partial charge in [-0.1, -0.05) is 13.0 Å². The maximum atomic E-state index is 12.2. The molecule has 0 saturated carbocycles. The van der Waals surface area contributed by atoms with E-state index in [2.05, 4.69) is 24.1 Å². The SMILES string of the molecule is CC[C@]1(C)CN(C(=O)NCc2cccc(C)n2)CCO1. The molecule has 5 nitrogen and oxygen atoms in total. The molecule has 20 heavy (non-hydrogen) atoms. The first kappa shape index (κ1) is 14.8. The van der Waals surface area contributed by atoms with Crippen LogP contribution in [0, 0.1) is 6.92 Å². The Morgan fingerprint density at radius 1 is 1.55 bits per heavy atom. The number of morpholine rings is 1. The number of carbonyl (C=O) groups excluding carboxylic acids is 1. The van der Waals surface area contributed by atoms with Crippen molar-refractivity contribution in [3.63, 3.8) is 0 Å². The largest absolute Gasteiger partial charge is 0.372 e. The van der Waals surface area contributed by atoms with Gasteiger partial charge in [-0.05, 0) is 32.4 Å². The molecule has 1 saturated heterocycles. The second kappa shape index (κ2) is 6.22. The average Bonchev–Trinajstić information content (AvgIpc) is 2.45. The lowest BCUT2D eigenvalue weighted by Gasteiger charge is -2.39. The highest BCUT2D eigenvalue weighted by Crippen LogP contribution is 2.20. The van der Waals surface area contributed by atoms with Crippen molar-refractivity contribution in [2.75, 3.05) is 19.7 Å². The number of aryl methyl sites for hydroxylation is 1. The van der Waals surface area contributed by atoms with Gasteiger partial charge >= 0.3 is 6.03 Å². The lowest BCUT2D eigenvalue weighted by Crippen LogP contribution is -2.54. The summed E-state index contributed by atoms with van der Waals surface area (Å²) in [7, 11) is 0. The number of aromatic nitrogens is 1. The van der Waals surface area contributed by atoms with Gasteiger partial charge < -0.3 is 15.0 Å². The smallest absolute Gasteiger partial charge is 0.317 e.